The largest absolute Gasteiger partial charge is 0.349 e. The first-order valence-electron chi connectivity index (χ1n) is 7.08. The number of hydrogen-bond donors (Lipinski definition) is 2. The summed E-state index contributed by atoms with van der Waals surface area (Å²) in [5, 5.41) is 17.3. The van der Waals surface area contributed by atoms with Crippen molar-refractivity contribution in [1.82, 2.24) is 10.6 Å². The molecule has 1 aliphatic rings. The van der Waals surface area contributed by atoms with E-state index in [1.807, 2.05) is 0 Å². The van der Waals surface area contributed by atoms with Crippen molar-refractivity contribution < 1.29 is 9.72 Å². The summed E-state index contributed by atoms with van der Waals surface area (Å²) in [6.07, 6.45) is 0.854. The van der Waals surface area contributed by atoms with Gasteiger partial charge in [-0.2, -0.15) is 0 Å². The first-order valence-corrected chi connectivity index (χ1v) is 7.08. The standard InChI is InChI=1S/C15H21N3O3/c1-10-4-5-11(8-12(10)18(20)21)14(19)17-13-6-7-16-9-15(13,2)3/h4-5,8,13,16H,6-7,9H2,1-3H3,(H,17,19). The Balaban J connectivity index is 2.17. The molecule has 1 aliphatic heterocycles. The van der Waals surface area contributed by atoms with Crippen LogP contribution in [-0.4, -0.2) is 30.0 Å². The van der Waals surface area contributed by atoms with Gasteiger partial charge in [0, 0.05) is 29.8 Å². The van der Waals surface area contributed by atoms with Gasteiger partial charge in [-0.05, 0) is 31.4 Å². The van der Waals surface area contributed by atoms with Crippen LogP contribution in [0.1, 0.15) is 36.2 Å². The summed E-state index contributed by atoms with van der Waals surface area (Å²) in [6, 6.07) is 4.65. The van der Waals surface area contributed by atoms with Crippen molar-refractivity contribution in [2.75, 3.05) is 13.1 Å². The van der Waals surface area contributed by atoms with E-state index in [2.05, 4.69) is 24.5 Å². The van der Waals surface area contributed by atoms with Gasteiger partial charge in [-0.3, -0.25) is 14.9 Å². The van der Waals surface area contributed by atoms with Gasteiger partial charge in [0.15, 0.2) is 0 Å². The lowest BCUT2D eigenvalue weighted by Gasteiger charge is -2.39. The van der Waals surface area contributed by atoms with Gasteiger partial charge < -0.3 is 10.6 Å². The molecule has 114 valence electrons. The molecule has 1 aromatic carbocycles. The summed E-state index contributed by atoms with van der Waals surface area (Å²) >= 11 is 0. The van der Waals surface area contributed by atoms with Crippen LogP contribution in [0.4, 0.5) is 5.69 Å². The maximum absolute atomic E-state index is 12.3. The van der Waals surface area contributed by atoms with Gasteiger partial charge in [0.05, 0.1) is 4.92 Å². The predicted octanol–water partition coefficient (Wildman–Crippen LogP) is 2.02. The van der Waals surface area contributed by atoms with Crippen molar-refractivity contribution in [3.8, 4) is 0 Å². The SMILES string of the molecule is Cc1ccc(C(=O)NC2CCNCC2(C)C)cc1[N+](=O)[O-]. The second kappa shape index (κ2) is 5.81. The fourth-order valence-electron chi connectivity index (χ4n) is 2.63. The second-order valence-electron chi connectivity index (χ2n) is 6.24. The monoisotopic (exact) mass is 291 g/mol. The molecule has 1 aromatic rings. The van der Waals surface area contributed by atoms with Crippen molar-refractivity contribution in [2.45, 2.75) is 33.2 Å². The minimum absolute atomic E-state index is 0.0211. The Bertz CT molecular complexity index is 569. The van der Waals surface area contributed by atoms with Crippen LogP contribution < -0.4 is 10.6 Å². The third-order valence-electron chi connectivity index (χ3n) is 4.11. The van der Waals surface area contributed by atoms with E-state index in [1.165, 1.54) is 6.07 Å². The molecule has 0 bridgehead atoms. The van der Waals surface area contributed by atoms with Crippen LogP contribution in [0.3, 0.4) is 0 Å². The van der Waals surface area contributed by atoms with Gasteiger partial charge in [0.25, 0.3) is 11.6 Å². The molecule has 6 nitrogen and oxygen atoms in total. The van der Waals surface area contributed by atoms with E-state index in [4.69, 9.17) is 0 Å². The Kier molecular flexibility index (Phi) is 4.27. The summed E-state index contributed by atoms with van der Waals surface area (Å²) < 4.78 is 0. The van der Waals surface area contributed by atoms with E-state index >= 15 is 0 Å². The molecule has 0 saturated carbocycles. The highest BCUT2D eigenvalue weighted by Gasteiger charge is 2.33. The quantitative estimate of drug-likeness (QED) is 0.659. The number of aryl methyl sites for hydroxylation is 1. The van der Waals surface area contributed by atoms with Gasteiger partial charge in [-0.25, -0.2) is 0 Å². The predicted molar refractivity (Wildman–Crippen MR) is 80.4 cm³/mol. The average Bonchev–Trinajstić information content (AvgIpc) is 2.41. The third-order valence-corrected chi connectivity index (χ3v) is 4.11. The summed E-state index contributed by atoms with van der Waals surface area (Å²) in [4.78, 5) is 22.8. The summed E-state index contributed by atoms with van der Waals surface area (Å²) in [5.41, 5.74) is 0.831. The van der Waals surface area contributed by atoms with Crippen LogP contribution in [0.15, 0.2) is 18.2 Å². The molecule has 1 saturated heterocycles. The van der Waals surface area contributed by atoms with Crippen molar-refractivity contribution in [3.63, 3.8) is 0 Å². The molecular formula is C15H21N3O3. The number of nitrogens with zero attached hydrogens (tertiary/aromatic N) is 1. The molecule has 0 spiro atoms. The molecule has 0 aliphatic carbocycles. The smallest absolute Gasteiger partial charge is 0.273 e. The van der Waals surface area contributed by atoms with E-state index in [0.717, 1.165) is 19.5 Å². The lowest BCUT2D eigenvalue weighted by Crippen LogP contribution is -2.54. The number of benzene rings is 1. The molecule has 1 unspecified atom stereocenters. The van der Waals surface area contributed by atoms with E-state index in [0.29, 0.717) is 11.1 Å². The van der Waals surface area contributed by atoms with E-state index < -0.39 is 4.92 Å². The van der Waals surface area contributed by atoms with E-state index in [-0.39, 0.29) is 23.1 Å². The topological polar surface area (TPSA) is 84.3 Å². The Morgan fingerprint density at radius 3 is 2.81 bits per heavy atom. The molecule has 2 N–H and O–H groups in total. The lowest BCUT2D eigenvalue weighted by molar-refractivity contribution is -0.385. The van der Waals surface area contributed by atoms with Crippen molar-refractivity contribution in [3.05, 3.63) is 39.4 Å². The first kappa shape index (κ1) is 15.4. The van der Waals surface area contributed by atoms with Gasteiger partial charge >= 0.3 is 0 Å². The molecule has 0 aromatic heterocycles. The van der Waals surface area contributed by atoms with Crippen molar-refractivity contribution in [1.29, 1.82) is 0 Å². The summed E-state index contributed by atoms with van der Waals surface area (Å²) in [7, 11) is 0. The number of carbonyl (C=O) groups excluding carboxylic acids is 1. The molecule has 6 heteroatoms. The van der Waals surface area contributed by atoms with Gasteiger partial charge in [-0.15, -0.1) is 0 Å². The van der Waals surface area contributed by atoms with Crippen molar-refractivity contribution in [2.24, 2.45) is 5.41 Å². The van der Waals surface area contributed by atoms with Crippen LogP contribution in [0.2, 0.25) is 0 Å². The number of amides is 1. The maximum atomic E-state index is 12.3. The van der Waals surface area contributed by atoms with E-state index in [1.54, 1.807) is 19.1 Å². The average molecular weight is 291 g/mol. The van der Waals surface area contributed by atoms with Crippen LogP contribution in [0.5, 0.6) is 0 Å². The Morgan fingerprint density at radius 1 is 1.48 bits per heavy atom. The molecular weight excluding hydrogens is 270 g/mol. The number of nitro groups is 1. The molecule has 0 radical (unpaired) electrons. The number of rotatable bonds is 3. The lowest BCUT2D eigenvalue weighted by atomic mass is 9.80. The molecule has 1 amide bonds. The third kappa shape index (κ3) is 3.39. The number of nitro benzene ring substituents is 1. The maximum Gasteiger partial charge on any atom is 0.273 e. The first-order chi connectivity index (χ1) is 9.81. The normalized spacial score (nSPS) is 20.8. The summed E-state index contributed by atoms with van der Waals surface area (Å²) in [6.45, 7) is 7.56. The number of piperidine rings is 1. The molecule has 2 rings (SSSR count). The highest BCUT2D eigenvalue weighted by molar-refractivity contribution is 5.95. The molecule has 1 fully saturated rings. The number of hydrogen-bond acceptors (Lipinski definition) is 4. The van der Waals surface area contributed by atoms with Crippen LogP contribution >= 0.6 is 0 Å². The zero-order chi connectivity index (χ0) is 15.6. The second-order valence-corrected chi connectivity index (χ2v) is 6.24. The van der Waals surface area contributed by atoms with Gasteiger partial charge in [0.1, 0.15) is 0 Å². The Labute approximate surface area is 124 Å². The minimum atomic E-state index is -0.458. The Morgan fingerprint density at radius 2 is 2.19 bits per heavy atom. The molecule has 21 heavy (non-hydrogen) atoms. The van der Waals surface area contributed by atoms with E-state index in [9.17, 15) is 14.9 Å². The van der Waals surface area contributed by atoms with Crippen LogP contribution in [0, 0.1) is 22.5 Å². The van der Waals surface area contributed by atoms with Crippen molar-refractivity contribution >= 4 is 11.6 Å². The van der Waals surface area contributed by atoms with Gasteiger partial charge in [-0.1, -0.05) is 19.9 Å². The summed E-state index contributed by atoms with van der Waals surface area (Å²) in [5.74, 6) is -0.252. The highest BCUT2D eigenvalue weighted by Crippen LogP contribution is 2.26. The van der Waals surface area contributed by atoms with Crippen LogP contribution in [0.25, 0.3) is 0 Å². The Hall–Kier alpha value is -1.95. The van der Waals surface area contributed by atoms with Crippen LogP contribution in [-0.2, 0) is 0 Å². The number of nitrogens with one attached hydrogen (secondary N) is 2. The zero-order valence-corrected chi connectivity index (χ0v) is 12.6. The van der Waals surface area contributed by atoms with Gasteiger partial charge in [0.2, 0.25) is 0 Å². The highest BCUT2D eigenvalue weighted by atomic mass is 16.6. The zero-order valence-electron chi connectivity index (χ0n) is 12.6. The number of carbonyl (C=O) groups is 1. The fourth-order valence-corrected chi connectivity index (χ4v) is 2.63. The molecule has 1 heterocycles. The molecule has 1 atom stereocenters. The fraction of sp³-hybridized carbons (Fsp3) is 0.533. The minimum Gasteiger partial charge on any atom is -0.349 e.